The number of ether oxygens (including phenoxy) is 1. The van der Waals surface area contributed by atoms with Gasteiger partial charge in [0.15, 0.2) is 11.6 Å². The van der Waals surface area contributed by atoms with E-state index in [0.29, 0.717) is 6.07 Å². The summed E-state index contributed by atoms with van der Waals surface area (Å²) < 4.78 is 51.6. The van der Waals surface area contributed by atoms with Gasteiger partial charge in [-0.2, -0.15) is 0 Å². The van der Waals surface area contributed by atoms with Gasteiger partial charge in [0.1, 0.15) is 5.76 Å². The molecular formula is C9H6F4O2. The maximum Gasteiger partial charge on any atom is 0.573 e. The van der Waals surface area contributed by atoms with Crippen molar-refractivity contribution in [2.75, 3.05) is 0 Å². The summed E-state index contributed by atoms with van der Waals surface area (Å²) in [5.41, 5.74) is -0.0457. The van der Waals surface area contributed by atoms with E-state index >= 15 is 0 Å². The molecule has 0 aliphatic heterocycles. The molecule has 82 valence electrons. The van der Waals surface area contributed by atoms with Crippen molar-refractivity contribution in [3.63, 3.8) is 0 Å². The first-order valence-corrected chi connectivity index (χ1v) is 3.73. The second kappa shape index (κ2) is 3.80. The van der Waals surface area contributed by atoms with Crippen LogP contribution < -0.4 is 4.74 Å². The highest BCUT2D eigenvalue weighted by atomic mass is 19.4. The highest BCUT2D eigenvalue weighted by Crippen LogP contribution is 2.27. The van der Waals surface area contributed by atoms with Crippen molar-refractivity contribution in [3.05, 3.63) is 36.2 Å². The summed E-state index contributed by atoms with van der Waals surface area (Å²) in [4.78, 5) is 0. The van der Waals surface area contributed by atoms with Crippen LogP contribution in [0.4, 0.5) is 17.6 Å². The molecule has 0 bridgehead atoms. The molecule has 1 aromatic carbocycles. The Hall–Kier alpha value is -1.72. The first-order valence-electron chi connectivity index (χ1n) is 3.73. The first-order chi connectivity index (χ1) is 6.79. The Balaban J connectivity index is 3.06. The fraction of sp³-hybridized carbons (Fsp3) is 0.111. The van der Waals surface area contributed by atoms with Crippen LogP contribution in [0.15, 0.2) is 24.8 Å². The van der Waals surface area contributed by atoms with Crippen LogP contribution in [-0.2, 0) is 0 Å². The summed E-state index contributed by atoms with van der Waals surface area (Å²) in [6, 6.07) is 2.55. The van der Waals surface area contributed by atoms with E-state index in [1.807, 2.05) is 0 Å². The minimum absolute atomic E-state index is 0.0457. The maximum absolute atomic E-state index is 12.8. The molecule has 0 aliphatic carbocycles. The number of hydrogen-bond donors (Lipinski definition) is 1. The van der Waals surface area contributed by atoms with Crippen molar-refractivity contribution in [2.45, 2.75) is 6.36 Å². The lowest BCUT2D eigenvalue weighted by atomic mass is 10.2. The highest BCUT2D eigenvalue weighted by molar-refractivity contribution is 5.57. The van der Waals surface area contributed by atoms with Crippen LogP contribution in [-0.4, -0.2) is 11.5 Å². The summed E-state index contributed by atoms with van der Waals surface area (Å²) in [7, 11) is 0. The molecule has 0 heterocycles. The molecule has 0 atom stereocenters. The van der Waals surface area contributed by atoms with Crippen molar-refractivity contribution in [1.82, 2.24) is 0 Å². The Morgan fingerprint density at radius 2 is 1.93 bits per heavy atom. The topological polar surface area (TPSA) is 29.5 Å². The number of aliphatic hydroxyl groups is 1. The van der Waals surface area contributed by atoms with Gasteiger partial charge < -0.3 is 9.84 Å². The molecule has 0 saturated carbocycles. The van der Waals surface area contributed by atoms with E-state index in [1.165, 1.54) is 0 Å². The van der Waals surface area contributed by atoms with Crippen LogP contribution in [0, 0.1) is 5.82 Å². The molecule has 0 amide bonds. The third kappa shape index (κ3) is 3.16. The number of alkyl halides is 3. The van der Waals surface area contributed by atoms with E-state index < -0.39 is 23.7 Å². The summed E-state index contributed by atoms with van der Waals surface area (Å²) in [5.74, 6) is -2.64. The number of aliphatic hydroxyl groups excluding tert-OH is 1. The van der Waals surface area contributed by atoms with Gasteiger partial charge in [0.05, 0.1) is 0 Å². The minimum atomic E-state index is -4.98. The van der Waals surface area contributed by atoms with Crippen molar-refractivity contribution in [2.24, 2.45) is 0 Å². The summed E-state index contributed by atoms with van der Waals surface area (Å²) in [6.07, 6.45) is -4.98. The van der Waals surface area contributed by atoms with Gasteiger partial charge in [0.25, 0.3) is 0 Å². The molecular weight excluding hydrogens is 216 g/mol. The predicted molar refractivity (Wildman–Crippen MR) is 44.7 cm³/mol. The molecule has 0 aliphatic rings. The normalized spacial score (nSPS) is 11.2. The molecule has 2 nitrogen and oxygen atoms in total. The first kappa shape index (κ1) is 11.4. The molecule has 15 heavy (non-hydrogen) atoms. The zero-order valence-corrected chi connectivity index (χ0v) is 7.31. The monoisotopic (exact) mass is 222 g/mol. The van der Waals surface area contributed by atoms with E-state index in [9.17, 15) is 17.6 Å². The highest BCUT2D eigenvalue weighted by Gasteiger charge is 2.32. The van der Waals surface area contributed by atoms with Crippen LogP contribution in [0.3, 0.4) is 0 Å². The van der Waals surface area contributed by atoms with E-state index in [1.54, 1.807) is 0 Å². The van der Waals surface area contributed by atoms with Crippen LogP contribution in [0.2, 0.25) is 0 Å². The fourth-order valence-corrected chi connectivity index (χ4v) is 0.886. The minimum Gasteiger partial charge on any atom is -0.508 e. The van der Waals surface area contributed by atoms with Gasteiger partial charge in [-0.25, -0.2) is 4.39 Å². The average molecular weight is 222 g/mol. The number of rotatable bonds is 2. The zero-order chi connectivity index (χ0) is 11.6. The summed E-state index contributed by atoms with van der Waals surface area (Å²) >= 11 is 0. The lowest BCUT2D eigenvalue weighted by Gasteiger charge is -2.10. The summed E-state index contributed by atoms with van der Waals surface area (Å²) in [6.45, 7) is 3.09. The maximum atomic E-state index is 12.8. The van der Waals surface area contributed by atoms with E-state index in [-0.39, 0.29) is 5.56 Å². The van der Waals surface area contributed by atoms with Crippen molar-refractivity contribution in [1.29, 1.82) is 0 Å². The van der Waals surface area contributed by atoms with Gasteiger partial charge >= 0.3 is 6.36 Å². The van der Waals surface area contributed by atoms with Crippen molar-refractivity contribution < 1.29 is 27.4 Å². The number of halogens is 4. The molecule has 0 saturated heterocycles. The smallest absolute Gasteiger partial charge is 0.508 e. The van der Waals surface area contributed by atoms with Crippen molar-refractivity contribution in [3.8, 4) is 5.75 Å². The quantitative estimate of drug-likeness (QED) is 0.614. The Bertz CT molecular complexity index is 384. The second-order valence-electron chi connectivity index (χ2n) is 2.64. The lowest BCUT2D eigenvalue weighted by Crippen LogP contribution is -2.18. The van der Waals surface area contributed by atoms with Gasteiger partial charge in [0.2, 0.25) is 0 Å². The van der Waals surface area contributed by atoms with E-state index in [2.05, 4.69) is 11.3 Å². The van der Waals surface area contributed by atoms with Crippen molar-refractivity contribution >= 4 is 5.76 Å². The van der Waals surface area contributed by atoms with Gasteiger partial charge in [-0.15, -0.1) is 13.2 Å². The van der Waals surface area contributed by atoms with E-state index in [4.69, 9.17) is 5.11 Å². The third-order valence-electron chi connectivity index (χ3n) is 1.49. The van der Waals surface area contributed by atoms with E-state index in [0.717, 1.165) is 12.1 Å². The Morgan fingerprint density at radius 3 is 2.40 bits per heavy atom. The molecule has 0 spiro atoms. The van der Waals surface area contributed by atoms with Crippen LogP contribution in [0.1, 0.15) is 5.56 Å². The number of hydrogen-bond acceptors (Lipinski definition) is 2. The second-order valence-corrected chi connectivity index (χ2v) is 2.64. The molecule has 1 N–H and O–H groups in total. The molecule has 0 fully saturated rings. The fourth-order valence-electron chi connectivity index (χ4n) is 0.886. The van der Waals surface area contributed by atoms with Gasteiger partial charge in [-0.3, -0.25) is 0 Å². The number of benzene rings is 1. The molecule has 0 radical (unpaired) electrons. The Labute approximate surface area is 82.4 Å². The lowest BCUT2D eigenvalue weighted by molar-refractivity contribution is -0.275. The molecule has 6 heteroatoms. The van der Waals surface area contributed by atoms with Gasteiger partial charge in [-0.05, 0) is 18.2 Å². The van der Waals surface area contributed by atoms with Gasteiger partial charge in [0, 0.05) is 5.56 Å². The Kier molecular flexibility index (Phi) is 2.88. The molecule has 1 rings (SSSR count). The molecule has 1 aromatic rings. The van der Waals surface area contributed by atoms with Crippen LogP contribution in [0.25, 0.3) is 5.76 Å². The predicted octanol–water partition coefficient (Wildman–Crippen LogP) is 3.25. The Morgan fingerprint density at radius 1 is 1.33 bits per heavy atom. The van der Waals surface area contributed by atoms with Crippen LogP contribution in [0.5, 0.6) is 5.75 Å². The standard InChI is InChI=1S/C9H6F4O2/c1-5(14)6-2-3-7(10)8(4-6)15-9(11,12)13/h2-4,14H,1H2. The van der Waals surface area contributed by atoms with Gasteiger partial charge in [-0.1, -0.05) is 6.58 Å². The summed E-state index contributed by atoms with van der Waals surface area (Å²) in [5, 5.41) is 8.88. The van der Waals surface area contributed by atoms with Crippen LogP contribution >= 0.6 is 0 Å². The SMILES string of the molecule is C=C(O)c1ccc(F)c(OC(F)(F)F)c1. The third-order valence-corrected chi connectivity index (χ3v) is 1.49. The molecule has 0 aromatic heterocycles. The largest absolute Gasteiger partial charge is 0.573 e. The average Bonchev–Trinajstić information content (AvgIpc) is 2.06. The zero-order valence-electron chi connectivity index (χ0n) is 7.31. The molecule has 0 unspecified atom stereocenters.